The molecule has 0 bridgehead atoms. The molecule has 0 spiro atoms. The summed E-state index contributed by atoms with van der Waals surface area (Å²) >= 11 is 3.32. The van der Waals surface area contributed by atoms with Gasteiger partial charge in [0.2, 0.25) is 16.0 Å². The Morgan fingerprint density at radius 3 is 2.20 bits per heavy atom. The first-order chi connectivity index (χ1) is 18.6. The lowest BCUT2D eigenvalue weighted by molar-refractivity contribution is -0.192. The SMILES string of the molecule is CCc1cc(Br)ccc1S(=O)(=O)N[C@@H](Cc1ccc(OCCCON=C(N)N)cc1)C(=O)O.O=C(O)C(F)(F)F. The molecule has 0 aromatic heterocycles. The second kappa shape index (κ2) is 15.9. The highest BCUT2D eigenvalue weighted by Gasteiger charge is 2.38. The van der Waals surface area contributed by atoms with Crippen LogP contribution in [0.2, 0.25) is 0 Å². The van der Waals surface area contributed by atoms with E-state index in [2.05, 4.69) is 25.8 Å². The lowest BCUT2D eigenvalue weighted by atomic mass is 10.1. The number of carbonyl (C=O) groups is 2. The summed E-state index contributed by atoms with van der Waals surface area (Å²) in [5, 5.41) is 20.1. The number of alkyl halides is 3. The van der Waals surface area contributed by atoms with Crippen LogP contribution in [0.4, 0.5) is 13.2 Å². The molecular formula is C23H28BrF3N4O8S. The predicted octanol–water partition coefficient (Wildman–Crippen LogP) is 2.59. The summed E-state index contributed by atoms with van der Waals surface area (Å²) in [5.41, 5.74) is 11.5. The molecular weight excluding hydrogens is 629 g/mol. The van der Waals surface area contributed by atoms with Crippen LogP contribution in [0.15, 0.2) is 57.0 Å². The Morgan fingerprint density at radius 1 is 1.10 bits per heavy atom. The lowest BCUT2D eigenvalue weighted by Gasteiger charge is -2.17. The molecule has 0 saturated heterocycles. The summed E-state index contributed by atoms with van der Waals surface area (Å²) in [6.07, 6.45) is -4.08. The number of nitrogens with two attached hydrogens (primary N) is 2. The maximum atomic E-state index is 12.9. The zero-order valence-electron chi connectivity index (χ0n) is 21.0. The highest BCUT2D eigenvalue weighted by atomic mass is 79.9. The minimum absolute atomic E-state index is 0.0286. The molecule has 0 aliphatic carbocycles. The average Bonchev–Trinajstić information content (AvgIpc) is 2.85. The Labute approximate surface area is 236 Å². The number of guanidine groups is 1. The van der Waals surface area contributed by atoms with Crippen molar-refractivity contribution < 1.29 is 51.0 Å². The summed E-state index contributed by atoms with van der Waals surface area (Å²) in [5.74, 6) is -3.60. The number of carboxylic acid groups (broad SMARTS) is 2. The van der Waals surface area contributed by atoms with Crippen molar-refractivity contribution in [2.75, 3.05) is 13.2 Å². The molecule has 0 fully saturated rings. The Hall–Kier alpha value is -3.57. The monoisotopic (exact) mass is 656 g/mol. The smallest absolute Gasteiger partial charge is 0.490 e. The van der Waals surface area contributed by atoms with Crippen LogP contribution in [0.3, 0.4) is 0 Å². The van der Waals surface area contributed by atoms with Gasteiger partial charge in [-0.15, -0.1) is 0 Å². The Bertz CT molecular complexity index is 1270. The minimum atomic E-state index is -5.08. The van der Waals surface area contributed by atoms with Crippen molar-refractivity contribution >= 4 is 43.9 Å². The topological polar surface area (TPSA) is 204 Å². The van der Waals surface area contributed by atoms with Gasteiger partial charge in [-0.1, -0.05) is 35.0 Å². The number of hydrogen-bond acceptors (Lipinski definition) is 7. The summed E-state index contributed by atoms with van der Waals surface area (Å²) in [6.45, 7) is 2.48. The lowest BCUT2D eigenvalue weighted by Crippen LogP contribution is -2.42. The van der Waals surface area contributed by atoms with Gasteiger partial charge in [0.1, 0.15) is 18.4 Å². The number of rotatable bonds is 13. The van der Waals surface area contributed by atoms with Crippen molar-refractivity contribution in [2.45, 2.75) is 43.3 Å². The molecule has 0 radical (unpaired) electrons. The van der Waals surface area contributed by atoms with Gasteiger partial charge in [-0.3, -0.25) is 4.79 Å². The van der Waals surface area contributed by atoms with E-state index in [0.717, 1.165) is 4.47 Å². The third-order valence-electron chi connectivity index (χ3n) is 4.71. The van der Waals surface area contributed by atoms with E-state index in [-0.39, 0.29) is 23.9 Å². The Kier molecular flexibility index (Phi) is 13.7. The van der Waals surface area contributed by atoms with Crippen LogP contribution in [-0.4, -0.2) is 62.0 Å². The molecule has 0 saturated carbocycles. The number of halogens is 4. The van der Waals surface area contributed by atoms with E-state index in [1.165, 1.54) is 6.07 Å². The molecule has 7 N–H and O–H groups in total. The fourth-order valence-electron chi connectivity index (χ4n) is 2.91. The molecule has 0 aliphatic rings. The first-order valence-electron chi connectivity index (χ1n) is 11.3. The zero-order valence-corrected chi connectivity index (χ0v) is 23.4. The average molecular weight is 657 g/mol. The summed E-state index contributed by atoms with van der Waals surface area (Å²) in [4.78, 5) is 25.6. The van der Waals surface area contributed by atoms with Gasteiger partial charge in [0, 0.05) is 10.9 Å². The fourth-order valence-corrected chi connectivity index (χ4v) is 4.80. The zero-order chi connectivity index (χ0) is 30.5. The van der Waals surface area contributed by atoms with Crippen molar-refractivity contribution in [3.63, 3.8) is 0 Å². The first kappa shape index (κ1) is 34.5. The van der Waals surface area contributed by atoms with Crippen molar-refractivity contribution in [1.29, 1.82) is 0 Å². The van der Waals surface area contributed by atoms with Crippen LogP contribution < -0.4 is 20.9 Å². The second-order valence-electron chi connectivity index (χ2n) is 7.82. The highest BCUT2D eigenvalue weighted by molar-refractivity contribution is 9.10. The predicted molar refractivity (Wildman–Crippen MR) is 141 cm³/mol. The van der Waals surface area contributed by atoms with E-state index in [4.69, 9.17) is 30.9 Å². The number of aryl methyl sites for hydroxylation is 1. The third-order valence-corrected chi connectivity index (χ3v) is 6.78. The van der Waals surface area contributed by atoms with E-state index in [9.17, 15) is 31.5 Å². The summed E-state index contributed by atoms with van der Waals surface area (Å²) in [6, 6.07) is 10.2. The number of nitrogens with zero attached hydrogens (tertiary/aromatic N) is 1. The maximum absolute atomic E-state index is 12.9. The van der Waals surface area contributed by atoms with Crippen LogP contribution in [0, 0.1) is 0 Å². The molecule has 0 amide bonds. The molecule has 1 atom stereocenters. The maximum Gasteiger partial charge on any atom is 0.490 e. The molecule has 0 heterocycles. The number of sulfonamides is 1. The largest absolute Gasteiger partial charge is 0.493 e. The van der Waals surface area contributed by atoms with Crippen LogP contribution in [0.5, 0.6) is 5.75 Å². The van der Waals surface area contributed by atoms with Gasteiger partial charge in [0.25, 0.3) is 0 Å². The van der Waals surface area contributed by atoms with Crippen molar-refractivity contribution in [2.24, 2.45) is 16.6 Å². The van der Waals surface area contributed by atoms with Gasteiger partial charge in [0.05, 0.1) is 11.5 Å². The minimum Gasteiger partial charge on any atom is -0.493 e. The molecule has 2 aromatic carbocycles. The first-order valence-corrected chi connectivity index (χ1v) is 13.6. The van der Waals surface area contributed by atoms with Crippen LogP contribution >= 0.6 is 15.9 Å². The van der Waals surface area contributed by atoms with Crippen molar-refractivity contribution in [3.05, 3.63) is 58.1 Å². The molecule has 2 aromatic rings. The van der Waals surface area contributed by atoms with Gasteiger partial charge in [-0.05, 0) is 59.5 Å². The van der Waals surface area contributed by atoms with Gasteiger partial charge in [-0.2, -0.15) is 17.9 Å². The van der Waals surface area contributed by atoms with Crippen molar-refractivity contribution in [3.8, 4) is 5.75 Å². The van der Waals surface area contributed by atoms with E-state index >= 15 is 0 Å². The van der Waals surface area contributed by atoms with Gasteiger partial charge >= 0.3 is 18.1 Å². The standard InChI is InChI=1S/C21H27BrN4O6S.C2HF3O2/c1-2-15-13-16(22)6-9-19(15)33(29,30)26-18(20(27)28)12-14-4-7-17(8-5-14)31-10-3-11-32-25-21(23)24;3-2(4,5)1(6)7/h4-9,13,18,26H,2-3,10-12H2,1H3,(H,27,28)(H4,23,24,25);(H,6,7)/t18-;/m0./s1. The number of hydrogen-bond donors (Lipinski definition) is 5. The molecule has 2 rings (SSSR count). The van der Waals surface area contributed by atoms with E-state index in [1.54, 1.807) is 36.4 Å². The van der Waals surface area contributed by atoms with E-state index in [0.29, 0.717) is 36.3 Å². The Balaban J connectivity index is 0.00000101. The highest BCUT2D eigenvalue weighted by Crippen LogP contribution is 2.22. The molecule has 17 heteroatoms. The normalized spacial score (nSPS) is 11.9. The van der Waals surface area contributed by atoms with Gasteiger partial charge < -0.3 is 31.3 Å². The molecule has 40 heavy (non-hydrogen) atoms. The number of benzene rings is 2. The van der Waals surface area contributed by atoms with Crippen LogP contribution in [-0.2, 0) is 37.3 Å². The number of aliphatic carboxylic acids is 2. The van der Waals surface area contributed by atoms with Crippen LogP contribution in [0.1, 0.15) is 24.5 Å². The van der Waals surface area contributed by atoms with Gasteiger partial charge in [-0.25, -0.2) is 13.2 Å². The number of ether oxygens (including phenoxy) is 1. The molecule has 222 valence electrons. The number of oxime groups is 1. The van der Waals surface area contributed by atoms with Crippen molar-refractivity contribution in [1.82, 2.24) is 4.72 Å². The summed E-state index contributed by atoms with van der Waals surface area (Å²) < 4.78 is 66.1. The quantitative estimate of drug-likeness (QED) is 0.0922. The van der Waals surface area contributed by atoms with Gasteiger partial charge in [0.15, 0.2) is 0 Å². The van der Waals surface area contributed by atoms with E-state index in [1.807, 2.05) is 6.92 Å². The number of carboxylic acids is 2. The summed E-state index contributed by atoms with van der Waals surface area (Å²) in [7, 11) is -4.03. The van der Waals surface area contributed by atoms with E-state index < -0.39 is 34.2 Å². The molecule has 0 unspecified atom stereocenters. The fraction of sp³-hybridized carbons (Fsp3) is 0.348. The second-order valence-corrected chi connectivity index (χ2v) is 10.4. The number of nitrogens with one attached hydrogen (secondary N) is 1. The molecule has 12 nitrogen and oxygen atoms in total. The Morgan fingerprint density at radius 2 is 1.70 bits per heavy atom. The molecule has 0 aliphatic heterocycles. The van der Waals surface area contributed by atoms with Crippen LogP contribution in [0.25, 0.3) is 0 Å². The third kappa shape index (κ3) is 12.5.